The number of ether oxygens (including phenoxy) is 1. The summed E-state index contributed by atoms with van der Waals surface area (Å²) >= 11 is 0. The monoisotopic (exact) mass is 358 g/mol. The van der Waals surface area contributed by atoms with Gasteiger partial charge in [0.1, 0.15) is 5.82 Å². The van der Waals surface area contributed by atoms with Crippen LogP contribution in [0, 0.1) is 11.3 Å². The SMILES string of the molecule is CCc1nc2n(n1)CC(NC(=NC)NC1C3CCOC3C13CCC3)CC2. The van der Waals surface area contributed by atoms with Gasteiger partial charge < -0.3 is 15.4 Å². The molecule has 26 heavy (non-hydrogen) atoms. The molecule has 4 unspecified atom stereocenters. The van der Waals surface area contributed by atoms with Gasteiger partial charge in [0.05, 0.1) is 12.6 Å². The van der Waals surface area contributed by atoms with E-state index in [4.69, 9.17) is 4.74 Å². The maximum absolute atomic E-state index is 6.04. The molecule has 0 radical (unpaired) electrons. The van der Waals surface area contributed by atoms with Crippen LogP contribution in [0.2, 0.25) is 0 Å². The maximum Gasteiger partial charge on any atom is 0.191 e. The van der Waals surface area contributed by atoms with Crippen molar-refractivity contribution >= 4 is 5.96 Å². The second-order valence-electron chi connectivity index (χ2n) is 8.38. The van der Waals surface area contributed by atoms with Crippen LogP contribution in [0.4, 0.5) is 0 Å². The highest BCUT2D eigenvalue weighted by atomic mass is 16.5. The Labute approximate surface area is 155 Å². The Morgan fingerprint density at radius 2 is 2.23 bits per heavy atom. The van der Waals surface area contributed by atoms with Crippen molar-refractivity contribution in [3.05, 3.63) is 11.6 Å². The zero-order valence-electron chi connectivity index (χ0n) is 15.9. The average molecular weight is 358 g/mol. The summed E-state index contributed by atoms with van der Waals surface area (Å²) < 4.78 is 8.11. The number of guanidine groups is 1. The van der Waals surface area contributed by atoms with Crippen molar-refractivity contribution in [1.29, 1.82) is 0 Å². The summed E-state index contributed by atoms with van der Waals surface area (Å²) in [7, 11) is 1.88. The number of aliphatic imine (C=N–C) groups is 1. The van der Waals surface area contributed by atoms with E-state index in [1.807, 2.05) is 7.05 Å². The molecule has 3 fully saturated rings. The van der Waals surface area contributed by atoms with Crippen LogP contribution in [0.1, 0.15) is 50.7 Å². The fourth-order valence-corrected chi connectivity index (χ4v) is 5.60. The van der Waals surface area contributed by atoms with Gasteiger partial charge in [0.2, 0.25) is 0 Å². The van der Waals surface area contributed by atoms with E-state index in [2.05, 4.69) is 37.3 Å². The summed E-state index contributed by atoms with van der Waals surface area (Å²) in [5.74, 6) is 3.68. The first-order valence-corrected chi connectivity index (χ1v) is 10.3. The zero-order valence-corrected chi connectivity index (χ0v) is 15.9. The number of aromatic nitrogens is 3. The quantitative estimate of drug-likeness (QED) is 0.629. The fraction of sp³-hybridized carbons (Fsp3) is 0.842. The van der Waals surface area contributed by atoms with Gasteiger partial charge in [-0.25, -0.2) is 9.67 Å². The summed E-state index contributed by atoms with van der Waals surface area (Å²) in [5, 5.41) is 12.0. The van der Waals surface area contributed by atoms with E-state index in [0.717, 1.165) is 50.0 Å². The lowest BCUT2D eigenvalue weighted by atomic mass is 9.46. The molecule has 1 saturated heterocycles. The smallest absolute Gasteiger partial charge is 0.191 e. The van der Waals surface area contributed by atoms with Crippen LogP contribution in [0.25, 0.3) is 0 Å². The van der Waals surface area contributed by atoms with Crippen LogP contribution >= 0.6 is 0 Å². The van der Waals surface area contributed by atoms with Gasteiger partial charge in [-0.15, -0.1) is 0 Å². The summed E-state index contributed by atoms with van der Waals surface area (Å²) in [6.07, 6.45) is 8.58. The minimum absolute atomic E-state index is 0.355. The summed E-state index contributed by atoms with van der Waals surface area (Å²) in [6, 6.07) is 0.875. The van der Waals surface area contributed by atoms with E-state index < -0.39 is 0 Å². The van der Waals surface area contributed by atoms with Gasteiger partial charge in [0.15, 0.2) is 11.8 Å². The van der Waals surface area contributed by atoms with Crippen molar-refractivity contribution in [2.75, 3.05) is 13.7 Å². The standard InChI is InChI=1S/C19H30N6O/c1-3-14-22-15-6-5-12(11-25(15)24-14)21-18(20-2)23-16-13-7-10-26-17(13)19(16)8-4-9-19/h12-13,16-17H,3-11H2,1-2H3,(H2,20,21,23). The van der Waals surface area contributed by atoms with Crippen LogP contribution in [-0.4, -0.2) is 52.6 Å². The first-order valence-electron chi connectivity index (χ1n) is 10.3. The number of aryl methyl sites for hydroxylation is 2. The molecule has 1 aromatic rings. The van der Waals surface area contributed by atoms with Crippen LogP contribution < -0.4 is 10.6 Å². The van der Waals surface area contributed by atoms with Gasteiger partial charge in [-0.05, 0) is 25.7 Å². The molecule has 3 heterocycles. The molecule has 0 amide bonds. The second kappa shape index (κ2) is 6.22. The third kappa shape index (κ3) is 2.39. The van der Waals surface area contributed by atoms with Crippen molar-refractivity contribution in [3.8, 4) is 0 Å². The van der Waals surface area contributed by atoms with Gasteiger partial charge in [-0.1, -0.05) is 13.3 Å². The molecule has 4 atom stereocenters. The lowest BCUT2D eigenvalue weighted by Crippen LogP contribution is -2.72. The highest BCUT2D eigenvalue weighted by molar-refractivity contribution is 5.80. The Morgan fingerprint density at radius 1 is 1.35 bits per heavy atom. The fourth-order valence-electron chi connectivity index (χ4n) is 5.60. The van der Waals surface area contributed by atoms with Crippen LogP contribution in [0.15, 0.2) is 4.99 Å². The largest absolute Gasteiger partial charge is 0.377 e. The molecule has 4 aliphatic rings. The van der Waals surface area contributed by atoms with Gasteiger partial charge in [0.25, 0.3) is 0 Å². The normalized spacial score (nSPS) is 34.6. The minimum atomic E-state index is 0.355. The zero-order chi connectivity index (χ0) is 17.7. The number of hydrogen-bond donors (Lipinski definition) is 2. The molecule has 1 aromatic heterocycles. The van der Waals surface area contributed by atoms with E-state index >= 15 is 0 Å². The molecule has 7 heteroatoms. The molecule has 0 bridgehead atoms. The first-order chi connectivity index (χ1) is 12.7. The van der Waals surface area contributed by atoms with Crippen molar-refractivity contribution in [3.63, 3.8) is 0 Å². The summed E-state index contributed by atoms with van der Waals surface area (Å²) in [5.41, 5.74) is 0.375. The number of rotatable bonds is 3. The van der Waals surface area contributed by atoms with Gasteiger partial charge >= 0.3 is 0 Å². The second-order valence-corrected chi connectivity index (χ2v) is 8.38. The Balaban J connectivity index is 1.24. The number of hydrogen-bond acceptors (Lipinski definition) is 4. The third-order valence-electron chi connectivity index (χ3n) is 7.11. The van der Waals surface area contributed by atoms with Crippen molar-refractivity contribution in [2.24, 2.45) is 16.3 Å². The van der Waals surface area contributed by atoms with Crippen LogP contribution in [-0.2, 0) is 24.1 Å². The van der Waals surface area contributed by atoms with Gasteiger partial charge in [0, 0.05) is 49.9 Å². The lowest BCUT2D eigenvalue weighted by molar-refractivity contribution is -0.171. The molecule has 2 aliphatic carbocycles. The van der Waals surface area contributed by atoms with Crippen molar-refractivity contribution < 1.29 is 4.74 Å². The molecular weight excluding hydrogens is 328 g/mol. The van der Waals surface area contributed by atoms with E-state index in [1.165, 1.54) is 25.7 Å². The topological polar surface area (TPSA) is 76.4 Å². The van der Waals surface area contributed by atoms with E-state index in [9.17, 15) is 0 Å². The maximum atomic E-state index is 6.04. The van der Waals surface area contributed by atoms with E-state index in [0.29, 0.717) is 29.5 Å². The van der Waals surface area contributed by atoms with Crippen molar-refractivity contribution in [1.82, 2.24) is 25.4 Å². The average Bonchev–Trinajstić information content (AvgIpc) is 3.21. The van der Waals surface area contributed by atoms with Crippen molar-refractivity contribution in [2.45, 2.75) is 76.6 Å². The molecule has 1 spiro atoms. The first kappa shape index (κ1) is 16.5. The minimum Gasteiger partial charge on any atom is -0.377 e. The molecule has 7 nitrogen and oxygen atoms in total. The Morgan fingerprint density at radius 3 is 2.96 bits per heavy atom. The molecule has 2 saturated carbocycles. The third-order valence-corrected chi connectivity index (χ3v) is 7.11. The van der Waals surface area contributed by atoms with E-state index in [1.54, 1.807) is 0 Å². The number of fused-ring (bicyclic) bond motifs is 3. The lowest BCUT2D eigenvalue weighted by Gasteiger charge is -2.63. The Bertz CT molecular complexity index is 709. The number of nitrogens with zero attached hydrogens (tertiary/aromatic N) is 4. The Kier molecular flexibility index (Phi) is 3.95. The molecule has 5 rings (SSSR count). The van der Waals surface area contributed by atoms with Crippen LogP contribution in [0.5, 0.6) is 0 Å². The van der Waals surface area contributed by atoms with E-state index in [-0.39, 0.29) is 0 Å². The molecule has 2 N–H and O–H groups in total. The highest BCUT2D eigenvalue weighted by Gasteiger charge is 2.66. The predicted octanol–water partition coefficient (Wildman–Crippen LogP) is 1.28. The molecule has 0 aromatic carbocycles. The highest BCUT2D eigenvalue weighted by Crippen LogP contribution is 2.62. The molecule has 2 aliphatic heterocycles. The molecular formula is C19H30N6O. The predicted molar refractivity (Wildman–Crippen MR) is 99.1 cm³/mol. The van der Waals surface area contributed by atoms with Gasteiger partial charge in [-0.2, -0.15) is 5.10 Å². The number of nitrogens with one attached hydrogen (secondary N) is 2. The molecule has 142 valence electrons. The Hall–Kier alpha value is -1.63. The summed E-state index contributed by atoms with van der Waals surface area (Å²) in [4.78, 5) is 9.14. The van der Waals surface area contributed by atoms with Crippen LogP contribution in [0.3, 0.4) is 0 Å². The summed E-state index contributed by atoms with van der Waals surface area (Å²) in [6.45, 7) is 3.91. The van der Waals surface area contributed by atoms with Gasteiger partial charge in [-0.3, -0.25) is 4.99 Å².